The van der Waals surface area contributed by atoms with Crippen molar-refractivity contribution in [1.82, 2.24) is 9.71 Å². The SMILES string of the molecule is Cc1cnc(CNS(=O)(=O)c2cc(N)cc(F)c2C)o1. The van der Waals surface area contributed by atoms with Crippen LogP contribution in [0.2, 0.25) is 0 Å². The summed E-state index contributed by atoms with van der Waals surface area (Å²) in [7, 11) is -3.89. The van der Waals surface area contributed by atoms with Gasteiger partial charge in [-0.3, -0.25) is 0 Å². The predicted octanol–water partition coefficient (Wildman–Crippen LogP) is 1.49. The molecule has 0 amide bonds. The Balaban J connectivity index is 2.27. The fourth-order valence-electron chi connectivity index (χ4n) is 1.67. The van der Waals surface area contributed by atoms with Gasteiger partial charge in [0.25, 0.3) is 0 Å². The van der Waals surface area contributed by atoms with Crippen LogP contribution in [0.1, 0.15) is 17.2 Å². The van der Waals surface area contributed by atoms with Crippen LogP contribution in [0.5, 0.6) is 0 Å². The van der Waals surface area contributed by atoms with Crippen LogP contribution in [0, 0.1) is 19.7 Å². The molecule has 1 aromatic carbocycles. The molecule has 0 fully saturated rings. The molecule has 6 nitrogen and oxygen atoms in total. The van der Waals surface area contributed by atoms with Gasteiger partial charge in [-0.1, -0.05) is 0 Å². The van der Waals surface area contributed by atoms with Crippen LogP contribution in [0.25, 0.3) is 0 Å². The molecule has 0 saturated carbocycles. The number of nitrogen functional groups attached to an aromatic ring is 1. The van der Waals surface area contributed by atoms with Gasteiger partial charge in [-0.15, -0.1) is 0 Å². The molecule has 0 aliphatic heterocycles. The van der Waals surface area contributed by atoms with Gasteiger partial charge in [0, 0.05) is 11.3 Å². The molecule has 0 atom stereocenters. The van der Waals surface area contributed by atoms with Gasteiger partial charge in [-0.05, 0) is 26.0 Å². The van der Waals surface area contributed by atoms with Crippen LogP contribution in [-0.4, -0.2) is 13.4 Å². The van der Waals surface area contributed by atoms with E-state index in [0.29, 0.717) is 5.76 Å². The third-order valence-electron chi connectivity index (χ3n) is 2.69. The highest BCUT2D eigenvalue weighted by molar-refractivity contribution is 7.89. The number of anilines is 1. The van der Waals surface area contributed by atoms with E-state index in [-0.39, 0.29) is 28.6 Å². The number of benzene rings is 1. The number of hydrogen-bond donors (Lipinski definition) is 2. The highest BCUT2D eigenvalue weighted by Gasteiger charge is 2.20. The van der Waals surface area contributed by atoms with E-state index in [0.717, 1.165) is 6.07 Å². The van der Waals surface area contributed by atoms with Crippen molar-refractivity contribution in [2.75, 3.05) is 5.73 Å². The molecule has 8 heteroatoms. The zero-order chi connectivity index (χ0) is 14.9. The molecule has 2 aromatic rings. The molecular weight excluding hydrogens is 285 g/mol. The van der Waals surface area contributed by atoms with Gasteiger partial charge in [-0.2, -0.15) is 0 Å². The smallest absolute Gasteiger partial charge is 0.241 e. The summed E-state index contributed by atoms with van der Waals surface area (Å²) in [5, 5.41) is 0. The van der Waals surface area contributed by atoms with E-state index >= 15 is 0 Å². The minimum atomic E-state index is -3.89. The Kier molecular flexibility index (Phi) is 3.78. The van der Waals surface area contributed by atoms with Crippen molar-refractivity contribution >= 4 is 15.7 Å². The average molecular weight is 299 g/mol. The Morgan fingerprint density at radius 1 is 1.40 bits per heavy atom. The zero-order valence-electron chi connectivity index (χ0n) is 11.0. The van der Waals surface area contributed by atoms with Gasteiger partial charge < -0.3 is 10.2 Å². The summed E-state index contributed by atoms with van der Waals surface area (Å²) >= 11 is 0. The minimum absolute atomic E-state index is 0.00952. The molecule has 0 bridgehead atoms. The van der Waals surface area contributed by atoms with E-state index in [1.54, 1.807) is 6.92 Å². The molecule has 0 spiro atoms. The third-order valence-corrected chi connectivity index (χ3v) is 4.22. The van der Waals surface area contributed by atoms with Crippen molar-refractivity contribution in [2.45, 2.75) is 25.3 Å². The molecule has 3 N–H and O–H groups in total. The summed E-state index contributed by atoms with van der Waals surface area (Å²) in [5.74, 6) is 0.135. The first kappa shape index (κ1) is 14.5. The summed E-state index contributed by atoms with van der Waals surface area (Å²) in [5.41, 5.74) is 5.52. The predicted molar refractivity (Wildman–Crippen MR) is 70.8 cm³/mol. The molecule has 0 aliphatic carbocycles. The lowest BCUT2D eigenvalue weighted by Gasteiger charge is -2.09. The van der Waals surface area contributed by atoms with Crippen LogP contribution in [-0.2, 0) is 16.6 Å². The highest BCUT2D eigenvalue weighted by atomic mass is 32.2. The standard InChI is InChI=1S/C12H14FN3O3S/c1-7-5-15-12(19-7)6-16-20(17,18)11-4-9(14)3-10(13)8(11)2/h3-5,16H,6,14H2,1-2H3. The number of rotatable bonds is 4. The van der Waals surface area contributed by atoms with Crippen molar-refractivity contribution in [3.05, 3.63) is 41.4 Å². The molecule has 0 saturated heterocycles. The van der Waals surface area contributed by atoms with E-state index in [4.69, 9.17) is 10.2 Å². The first-order chi connectivity index (χ1) is 9.29. The first-order valence-corrected chi connectivity index (χ1v) is 7.24. The average Bonchev–Trinajstić information content (AvgIpc) is 2.77. The van der Waals surface area contributed by atoms with Crippen molar-refractivity contribution in [3.63, 3.8) is 0 Å². The Morgan fingerprint density at radius 3 is 2.70 bits per heavy atom. The second kappa shape index (κ2) is 5.22. The van der Waals surface area contributed by atoms with Crippen LogP contribution in [0.15, 0.2) is 27.6 Å². The first-order valence-electron chi connectivity index (χ1n) is 5.76. The highest BCUT2D eigenvalue weighted by Crippen LogP contribution is 2.21. The van der Waals surface area contributed by atoms with E-state index in [2.05, 4.69) is 9.71 Å². The molecule has 1 aromatic heterocycles. The van der Waals surface area contributed by atoms with Crippen LogP contribution < -0.4 is 10.5 Å². The van der Waals surface area contributed by atoms with Gasteiger partial charge in [0.05, 0.1) is 17.6 Å². The van der Waals surface area contributed by atoms with Gasteiger partial charge in [0.15, 0.2) is 0 Å². The maximum atomic E-state index is 13.5. The lowest BCUT2D eigenvalue weighted by molar-refractivity contribution is 0.463. The molecule has 2 rings (SSSR count). The second-order valence-corrected chi connectivity index (χ2v) is 6.05. The van der Waals surface area contributed by atoms with Crippen molar-refractivity contribution in [1.29, 1.82) is 0 Å². The molecule has 108 valence electrons. The van der Waals surface area contributed by atoms with Crippen molar-refractivity contribution in [3.8, 4) is 0 Å². The Bertz CT molecular complexity index is 740. The maximum Gasteiger partial charge on any atom is 0.241 e. The summed E-state index contributed by atoms with van der Waals surface area (Å²) in [6.07, 6.45) is 1.48. The van der Waals surface area contributed by atoms with Gasteiger partial charge in [-0.25, -0.2) is 22.5 Å². The maximum absolute atomic E-state index is 13.5. The Morgan fingerprint density at radius 2 is 2.10 bits per heavy atom. The number of nitrogens with zero attached hydrogens (tertiary/aromatic N) is 1. The van der Waals surface area contributed by atoms with Crippen LogP contribution in [0.3, 0.4) is 0 Å². The molecular formula is C12H14FN3O3S. The number of sulfonamides is 1. The molecule has 20 heavy (non-hydrogen) atoms. The fraction of sp³-hybridized carbons (Fsp3) is 0.250. The number of nitrogens with one attached hydrogen (secondary N) is 1. The minimum Gasteiger partial charge on any atom is -0.445 e. The number of aryl methyl sites for hydroxylation is 1. The number of aromatic nitrogens is 1. The topological polar surface area (TPSA) is 98.2 Å². The fourth-order valence-corrected chi connectivity index (χ4v) is 2.93. The quantitative estimate of drug-likeness (QED) is 0.833. The third kappa shape index (κ3) is 2.97. The van der Waals surface area contributed by atoms with Gasteiger partial charge in [0.2, 0.25) is 15.9 Å². The Labute approximate surface area is 115 Å². The van der Waals surface area contributed by atoms with Gasteiger partial charge in [0.1, 0.15) is 11.6 Å². The number of nitrogens with two attached hydrogens (primary N) is 1. The van der Waals surface area contributed by atoms with Gasteiger partial charge >= 0.3 is 0 Å². The van der Waals surface area contributed by atoms with Crippen molar-refractivity contribution < 1.29 is 17.2 Å². The summed E-state index contributed by atoms with van der Waals surface area (Å²) in [6, 6.07) is 2.29. The molecule has 1 heterocycles. The molecule has 0 radical (unpaired) electrons. The van der Waals surface area contributed by atoms with Crippen molar-refractivity contribution in [2.24, 2.45) is 0 Å². The summed E-state index contributed by atoms with van der Waals surface area (Å²) < 4.78 is 45.3. The second-order valence-electron chi connectivity index (χ2n) is 4.32. The monoisotopic (exact) mass is 299 g/mol. The number of hydrogen-bond acceptors (Lipinski definition) is 5. The zero-order valence-corrected chi connectivity index (χ0v) is 11.8. The van der Waals surface area contributed by atoms with Crippen LogP contribution in [0.4, 0.5) is 10.1 Å². The Hall–Kier alpha value is -1.93. The summed E-state index contributed by atoms with van der Waals surface area (Å²) in [6.45, 7) is 2.95. The number of oxazole rings is 1. The summed E-state index contributed by atoms with van der Waals surface area (Å²) in [4.78, 5) is 3.68. The normalized spacial score (nSPS) is 11.8. The number of halogens is 1. The van der Waals surface area contributed by atoms with E-state index < -0.39 is 15.8 Å². The lowest BCUT2D eigenvalue weighted by atomic mass is 10.2. The van der Waals surface area contributed by atoms with E-state index in [9.17, 15) is 12.8 Å². The molecule has 0 unspecified atom stereocenters. The molecule has 0 aliphatic rings. The lowest BCUT2D eigenvalue weighted by Crippen LogP contribution is -2.24. The van der Waals surface area contributed by atoms with Crippen LogP contribution >= 0.6 is 0 Å². The largest absolute Gasteiger partial charge is 0.445 e. The van der Waals surface area contributed by atoms with E-state index in [1.807, 2.05) is 0 Å². The van der Waals surface area contributed by atoms with E-state index in [1.165, 1.54) is 19.2 Å².